The van der Waals surface area contributed by atoms with Gasteiger partial charge in [0, 0.05) is 18.9 Å². The first-order valence-electron chi connectivity index (χ1n) is 9.04. The van der Waals surface area contributed by atoms with Gasteiger partial charge >= 0.3 is 6.18 Å². The molecule has 0 atom stereocenters. The summed E-state index contributed by atoms with van der Waals surface area (Å²) in [7, 11) is 0. The summed E-state index contributed by atoms with van der Waals surface area (Å²) >= 11 is 0. The van der Waals surface area contributed by atoms with E-state index in [4.69, 9.17) is 4.74 Å². The van der Waals surface area contributed by atoms with E-state index >= 15 is 0 Å². The number of carbonyl (C=O) groups excluding carboxylic acids is 1. The second-order valence-corrected chi connectivity index (χ2v) is 6.72. The first-order chi connectivity index (χ1) is 13.9. The zero-order valence-electron chi connectivity index (χ0n) is 15.3. The summed E-state index contributed by atoms with van der Waals surface area (Å²) in [6.07, 6.45) is -1.05. The molecule has 1 aromatic heterocycles. The maximum absolute atomic E-state index is 13.0. The number of benzene rings is 2. The number of hydrogen-bond acceptors (Lipinski definition) is 3. The number of pyridine rings is 1. The Kier molecular flexibility index (Phi) is 4.96. The Morgan fingerprint density at radius 2 is 1.79 bits per heavy atom. The first-order valence-corrected chi connectivity index (χ1v) is 9.04. The van der Waals surface area contributed by atoms with E-state index in [9.17, 15) is 18.0 Å². The third-order valence-electron chi connectivity index (χ3n) is 4.76. The third-order valence-corrected chi connectivity index (χ3v) is 4.76. The van der Waals surface area contributed by atoms with E-state index in [2.05, 4.69) is 4.98 Å². The summed E-state index contributed by atoms with van der Waals surface area (Å²) < 4.78 is 44.6. The van der Waals surface area contributed by atoms with Crippen LogP contribution < -0.4 is 4.74 Å². The number of nitrogens with zero attached hydrogens (tertiary/aromatic N) is 2. The molecule has 148 valence electrons. The monoisotopic (exact) mass is 398 g/mol. The predicted molar refractivity (Wildman–Crippen MR) is 101 cm³/mol. The molecule has 7 heteroatoms. The van der Waals surface area contributed by atoms with Crippen molar-refractivity contribution in [3.63, 3.8) is 0 Å². The van der Waals surface area contributed by atoms with Crippen molar-refractivity contribution in [3.8, 4) is 16.9 Å². The standard InChI is InChI=1S/C22H17F3N2O2/c23-22(24,25)18-3-1-2-15(12-18)14-27-10-11-29-20-13-17(4-5-19(20)21(27)28)16-6-8-26-9-7-16/h1-9,12-13H,10-11,14H2. The van der Waals surface area contributed by atoms with Gasteiger partial charge < -0.3 is 9.64 Å². The molecule has 0 saturated heterocycles. The fourth-order valence-electron chi connectivity index (χ4n) is 3.30. The van der Waals surface area contributed by atoms with Gasteiger partial charge in [-0.25, -0.2) is 0 Å². The van der Waals surface area contributed by atoms with Crippen molar-refractivity contribution in [2.24, 2.45) is 0 Å². The summed E-state index contributed by atoms with van der Waals surface area (Å²) in [6.45, 7) is 0.628. The zero-order chi connectivity index (χ0) is 20.4. The lowest BCUT2D eigenvalue weighted by molar-refractivity contribution is -0.137. The highest BCUT2D eigenvalue weighted by molar-refractivity contribution is 5.98. The number of rotatable bonds is 3. The molecule has 1 aliphatic heterocycles. The van der Waals surface area contributed by atoms with Crippen LogP contribution in [0.4, 0.5) is 13.2 Å². The Morgan fingerprint density at radius 3 is 2.55 bits per heavy atom. The highest BCUT2D eigenvalue weighted by Crippen LogP contribution is 2.32. The summed E-state index contributed by atoms with van der Waals surface area (Å²) in [5.74, 6) is 0.201. The van der Waals surface area contributed by atoms with E-state index < -0.39 is 11.7 Å². The molecule has 1 amide bonds. The molecule has 4 nitrogen and oxygen atoms in total. The Bertz CT molecular complexity index is 1040. The number of alkyl halides is 3. The van der Waals surface area contributed by atoms with E-state index in [0.29, 0.717) is 16.9 Å². The number of ether oxygens (including phenoxy) is 1. The number of carbonyl (C=O) groups is 1. The lowest BCUT2D eigenvalue weighted by Gasteiger charge is -2.20. The number of halogens is 3. The normalized spacial score (nSPS) is 14.2. The lowest BCUT2D eigenvalue weighted by Crippen LogP contribution is -2.31. The minimum Gasteiger partial charge on any atom is -0.491 e. The lowest BCUT2D eigenvalue weighted by atomic mass is 10.0. The second-order valence-electron chi connectivity index (χ2n) is 6.72. The Hall–Kier alpha value is -3.35. The Morgan fingerprint density at radius 1 is 1.00 bits per heavy atom. The SMILES string of the molecule is O=C1c2ccc(-c3ccncc3)cc2OCCN1Cc1cccc(C(F)(F)F)c1. The third kappa shape index (κ3) is 4.08. The number of amides is 1. The van der Waals surface area contributed by atoms with Crippen LogP contribution >= 0.6 is 0 Å². The van der Waals surface area contributed by atoms with Gasteiger partial charge in [-0.05, 0) is 53.1 Å². The van der Waals surface area contributed by atoms with Crippen LogP contribution in [0.2, 0.25) is 0 Å². The molecule has 0 bridgehead atoms. The Labute approximate surface area is 165 Å². The van der Waals surface area contributed by atoms with Crippen LogP contribution in [0.1, 0.15) is 21.5 Å². The molecule has 1 aliphatic rings. The van der Waals surface area contributed by atoms with Gasteiger partial charge in [0.15, 0.2) is 0 Å². The molecule has 2 heterocycles. The van der Waals surface area contributed by atoms with Gasteiger partial charge in [-0.15, -0.1) is 0 Å². The van der Waals surface area contributed by atoms with Gasteiger partial charge in [0.25, 0.3) is 5.91 Å². The van der Waals surface area contributed by atoms with E-state index in [1.807, 2.05) is 18.2 Å². The van der Waals surface area contributed by atoms with E-state index in [1.54, 1.807) is 30.6 Å². The fourth-order valence-corrected chi connectivity index (χ4v) is 3.30. The van der Waals surface area contributed by atoms with E-state index in [1.165, 1.54) is 11.0 Å². The average molecular weight is 398 g/mol. The van der Waals surface area contributed by atoms with Crippen molar-refractivity contribution < 1.29 is 22.7 Å². The van der Waals surface area contributed by atoms with E-state index in [0.717, 1.165) is 23.3 Å². The highest BCUT2D eigenvalue weighted by atomic mass is 19.4. The van der Waals surface area contributed by atoms with Gasteiger partial charge in [0.1, 0.15) is 12.4 Å². The summed E-state index contributed by atoms with van der Waals surface area (Å²) in [5.41, 5.74) is 1.93. The maximum atomic E-state index is 13.0. The van der Waals surface area contributed by atoms with Crippen LogP contribution in [-0.2, 0) is 12.7 Å². The molecule has 0 radical (unpaired) electrons. The van der Waals surface area contributed by atoms with Gasteiger partial charge in [-0.2, -0.15) is 13.2 Å². The topological polar surface area (TPSA) is 42.4 Å². The van der Waals surface area contributed by atoms with Crippen LogP contribution in [0.5, 0.6) is 5.75 Å². The average Bonchev–Trinajstić information content (AvgIpc) is 2.87. The molecule has 0 N–H and O–H groups in total. The molecule has 0 fully saturated rings. The summed E-state index contributed by atoms with van der Waals surface area (Å²) in [4.78, 5) is 18.5. The summed E-state index contributed by atoms with van der Waals surface area (Å²) in [5, 5.41) is 0. The van der Waals surface area contributed by atoms with Crippen molar-refractivity contribution in [3.05, 3.63) is 83.7 Å². The second kappa shape index (κ2) is 7.58. The zero-order valence-corrected chi connectivity index (χ0v) is 15.3. The van der Waals surface area contributed by atoms with Crippen molar-refractivity contribution in [2.75, 3.05) is 13.2 Å². The first kappa shape index (κ1) is 19.0. The van der Waals surface area contributed by atoms with Crippen molar-refractivity contribution in [1.82, 2.24) is 9.88 Å². The molecular formula is C22H17F3N2O2. The molecule has 2 aromatic carbocycles. The van der Waals surface area contributed by atoms with Crippen LogP contribution in [0.3, 0.4) is 0 Å². The number of aromatic nitrogens is 1. The highest BCUT2D eigenvalue weighted by Gasteiger charge is 2.31. The van der Waals surface area contributed by atoms with Crippen LogP contribution in [0.15, 0.2) is 67.0 Å². The smallest absolute Gasteiger partial charge is 0.416 e. The van der Waals surface area contributed by atoms with Crippen molar-refractivity contribution >= 4 is 5.91 Å². The maximum Gasteiger partial charge on any atom is 0.416 e. The predicted octanol–water partition coefficient (Wildman–Crippen LogP) is 4.80. The van der Waals surface area contributed by atoms with Gasteiger partial charge in [-0.1, -0.05) is 18.2 Å². The number of hydrogen-bond donors (Lipinski definition) is 0. The molecular weight excluding hydrogens is 381 g/mol. The van der Waals surface area contributed by atoms with Crippen LogP contribution in [0.25, 0.3) is 11.1 Å². The quantitative estimate of drug-likeness (QED) is 0.636. The molecule has 4 rings (SSSR count). The molecule has 0 spiro atoms. The minimum atomic E-state index is -4.42. The van der Waals surface area contributed by atoms with Gasteiger partial charge in [0.05, 0.1) is 17.7 Å². The van der Waals surface area contributed by atoms with Crippen LogP contribution in [-0.4, -0.2) is 28.9 Å². The number of fused-ring (bicyclic) bond motifs is 1. The van der Waals surface area contributed by atoms with Gasteiger partial charge in [0.2, 0.25) is 0 Å². The molecule has 29 heavy (non-hydrogen) atoms. The molecule has 0 saturated carbocycles. The van der Waals surface area contributed by atoms with E-state index in [-0.39, 0.29) is 25.6 Å². The molecule has 3 aromatic rings. The summed E-state index contributed by atoms with van der Waals surface area (Å²) in [6, 6.07) is 14.1. The molecule has 0 aliphatic carbocycles. The molecule has 0 unspecified atom stereocenters. The largest absolute Gasteiger partial charge is 0.491 e. The minimum absolute atomic E-state index is 0.0810. The van der Waals surface area contributed by atoms with Crippen LogP contribution in [0, 0.1) is 0 Å². The van der Waals surface area contributed by atoms with Crippen molar-refractivity contribution in [2.45, 2.75) is 12.7 Å². The Balaban J connectivity index is 1.59. The van der Waals surface area contributed by atoms with Gasteiger partial charge in [-0.3, -0.25) is 9.78 Å². The van der Waals surface area contributed by atoms with Crippen molar-refractivity contribution in [1.29, 1.82) is 0 Å². The fraction of sp³-hybridized carbons (Fsp3) is 0.182.